The van der Waals surface area contributed by atoms with Crippen LogP contribution >= 0.6 is 0 Å². The average molecular weight is 610 g/mol. The molecular formula is C30H38F3N3O5S. The number of halogens is 3. The second kappa shape index (κ2) is 12.3. The number of alkyl halides is 3. The average Bonchev–Trinajstić information content (AvgIpc) is 3.28. The summed E-state index contributed by atoms with van der Waals surface area (Å²) in [5.41, 5.74) is 2.20. The maximum Gasteiger partial charge on any atom is 0.416 e. The molecule has 1 heterocycles. The molecule has 0 bridgehead atoms. The minimum Gasteiger partial charge on any atom is -0.461 e. The van der Waals surface area contributed by atoms with Gasteiger partial charge in [-0.2, -0.15) is 17.5 Å². The number of hydrogen-bond acceptors (Lipinski definition) is 6. The number of carbonyl (C=O) groups is 2. The second-order valence-electron chi connectivity index (χ2n) is 12.1. The van der Waals surface area contributed by atoms with Crippen molar-refractivity contribution >= 4 is 21.9 Å². The van der Waals surface area contributed by atoms with Crippen LogP contribution in [-0.2, 0) is 43.5 Å². The number of rotatable bonds is 8. The Bertz CT molecular complexity index is 1420. The normalized spacial score (nSPS) is 21.5. The van der Waals surface area contributed by atoms with Crippen molar-refractivity contribution in [3.63, 3.8) is 0 Å². The van der Waals surface area contributed by atoms with Crippen LogP contribution in [0, 0.1) is 0 Å². The number of amides is 1. The van der Waals surface area contributed by atoms with Crippen LogP contribution in [0.4, 0.5) is 13.2 Å². The van der Waals surface area contributed by atoms with Gasteiger partial charge in [0, 0.05) is 37.9 Å². The highest BCUT2D eigenvalue weighted by Crippen LogP contribution is 2.35. The van der Waals surface area contributed by atoms with Crippen molar-refractivity contribution in [3.05, 3.63) is 64.7 Å². The van der Waals surface area contributed by atoms with Crippen molar-refractivity contribution in [3.8, 4) is 0 Å². The monoisotopic (exact) mass is 609 g/mol. The van der Waals surface area contributed by atoms with E-state index in [1.54, 1.807) is 0 Å². The Balaban J connectivity index is 1.51. The van der Waals surface area contributed by atoms with Gasteiger partial charge in [-0.3, -0.25) is 9.59 Å². The van der Waals surface area contributed by atoms with Crippen molar-refractivity contribution in [2.24, 2.45) is 0 Å². The van der Waals surface area contributed by atoms with E-state index in [2.05, 4.69) is 37.5 Å². The molecule has 230 valence electrons. The molecule has 0 aromatic heterocycles. The van der Waals surface area contributed by atoms with E-state index >= 15 is 0 Å². The summed E-state index contributed by atoms with van der Waals surface area (Å²) in [7, 11) is -4.43. The highest BCUT2D eigenvalue weighted by atomic mass is 32.2. The number of ether oxygens (including phenoxy) is 1. The smallest absolute Gasteiger partial charge is 0.416 e. The van der Waals surface area contributed by atoms with Gasteiger partial charge in [-0.25, -0.2) is 8.42 Å². The third-order valence-corrected chi connectivity index (χ3v) is 9.44. The van der Waals surface area contributed by atoms with Crippen LogP contribution in [0.3, 0.4) is 0 Å². The molecule has 12 heteroatoms. The minimum atomic E-state index is -4.73. The third kappa shape index (κ3) is 7.90. The molecule has 8 nitrogen and oxygen atoms in total. The zero-order valence-corrected chi connectivity index (χ0v) is 25.1. The van der Waals surface area contributed by atoms with Gasteiger partial charge in [-0.05, 0) is 74.9 Å². The molecule has 2 aliphatic rings. The van der Waals surface area contributed by atoms with Gasteiger partial charge in [0.15, 0.2) is 0 Å². The van der Waals surface area contributed by atoms with Crippen molar-refractivity contribution in [1.29, 1.82) is 0 Å². The zero-order chi connectivity index (χ0) is 30.9. The lowest BCUT2D eigenvalue weighted by Gasteiger charge is -2.29. The van der Waals surface area contributed by atoms with Crippen LogP contribution in [0.5, 0.6) is 0 Å². The molecule has 1 aliphatic heterocycles. The van der Waals surface area contributed by atoms with E-state index in [1.165, 1.54) is 6.92 Å². The predicted molar refractivity (Wildman–Crippen MR) is 151 cm³/mol. The first kappa shape index (κ1) is 32.0. The predicted octanol–water partition coefficient (Wildman–Crippen LogP) is 4.87. The lowest BCUT2D eigenvalue weighted by Crippen LogP contribution is -2.40. The zero-order valence-electron chi connectivity index (χ0n) is 24.3. The first-order valence-corrected chi connectivity index (χ1v) is 15.5. The molecule has 0 spiro atoms. The quantitative estimate of drug-likeness (QED) is 0.414. The van der Waals surface area contributed by atoms with E-state index in [0.29, 0.717) is 6.07 Å². The van der Waals surface area contributed by atoms with Gasteiger partial charge in [-0.1, -0.05) is 24.3 Å². The fraction of sp³-hybridized carbons (Fsp3) is 0.533. The number of carbonyl (C=O) groups excluding carboxylic acids is 2. The molecule has 0 unspecified atom stereocenters. The van der Waals surface area contributed by atoms with Gasteiger partial charge in [-0.15, -0.1) is 0 Å². The van der Waals surface area contributed by atoms with Crippen molar-refractivity contribution in [2.45, 2.75) is 101 Å². The van der Waals surface area contributed by atoms with E-state index < -0.39 is 44.8 Å². The Morgan fingerprint density at radius 1 is 1.10 bits per heavy atom. The number of benzene rings is 2. The highest BCUT2D eigenvalue weighted by Gasteiger charge is 2.43. The van der Waals surface area contributed by atoms with Gasteiger partial charge in [0.25, 0.3) is 0 Å². The lowest BCUT2D eigenvalue weighted by molar-refractivity contribution is -0.145. The van der Waals surface area contributed by atoms with E-state index in [4.69, 9.17) is 4.74 Å². The molecule has 2 aromatic carbocycles. The molecule has 1 fully saturated rings. The number of esters is 1. The van der Waals surface area contributed by atoms with Crippen LogP contribution in [0.2, 0.25) is 0 Å². The van der Waals surface area contributed by atoms with Crippen LogP contribution < -0.4 is 10.6 Å². The summed E-state index contributed by atoms with van der Waals surface area (Å²) in [5, 5.41) is 6.51. The van der Waals surface area contributed by atoms with Crippen molar-refractivity contribution in [2.75, 3.05) is 6.54 Å². The number of nitrogens with zero attached hydrogens (tertiary/aromatic N) is 1. The van der Waals surface area contributed by atoms with Gasteiger partial charge in [0.05, 0.1) is 23.0 Å². The summed E-state index contributed by atoms with van der Waals surface area (Å²) in [6.07, 6.45) is -3.23. The summed E-state index contributed by atoms with van der Waals surface area (Å²) in [5.74, 6) is -0.999. The molecule has 0 radical (unpaired) electrons. The number of hydrogen-bond donors (Lipinski definition) is 2. The Kier molecular flexibility index (Phi) is 9.39. The highest BCUT2D eigenvalue weighted by molar-refractivity contribution is 7.89. The number of nitrogens with one attached hydrogen (secondary N) is 2. The fourth-order valence-corrected chi connectivity index (χ4v) is 7.29. The van der Waals surface area contributed by atoms with Crippen LogP contribution in [0.15, 0.2) is 47.4 Å². The largest absolute Gasteiger partial charge is 0.461 e. The van der Waals surface area contributed by atoms with Gasteiger partial charge in [0.1, 0.15) is 6.10 Å². The molecule has 2 N–H and O–H groups in total. The van der Waals surface area contributed by atoms with Crippen LogP contribution in [-0.4, -0.2) is 48.8 Å². The summed E-state index contributed by atoms with van der Waals surface area (Å²) < 4.78 is 73.2. The van der Waals surface area contributed by atoms with Gasteiger partial charge < -0.3 is 15.4 Å². The Morgan fingerprint density at radius 3 is 2.50 bits per heavy atom. The summed E-state index contributed by atoms with van der Waals surface area (Å²) in [6, 6.07) is 8.55. The molecule has 2 aromatic rings. The van der Waals surface area contributed by atoms with Crippen molar-refractivity contribution in [1.82, 2.24) is 14.9 Å². The SMILES string of the molecule is CC(=O)O[C@@H]1C[C@@H](CC(=O)N[C@@H]2CCCc3cc(CNC(C)(C)C)ccc32)N(S(=O)(=O)c2cccc(C(F)(F)F)c2)C1. The number of fused-ring (bicyclic) bond motifs is 1. The second-order valence-corrected chi connectivity index (χ2v) is 14.0. The van der Waals surface area contributed by atoms with Gasteiger partial charge >= 0.3 is 12.1 Å². The number of sulfonamides is 1. The topological polar surface area (TPSA) is 105 Å². The Hall–Kier alpha value is -2.96. The summed E-state index contributed by atoms with van der Waals surface area (Å²) >= 11 is 0. The maximum atomic E-state index is 13.5. The van der Waals surface area contributed by atoms with E-state index in [0.717, 1.165) is 65.0 Å². The molecule has 1 aliphatic carbocycles. The van der Waals surface area contributed by atoms with E-state index in [-0.39, 0.29) is 36.9 Å². The lowest BCUT2D eigenvalue weighted by atomic mass is 9.86. The number of aryl methyl sites for hydroxylation is 1. The van der Waals surface area contributed by atoms with E-state index in [9.17, 15) is 31.2 Å². The maximum absolute atomic E-state index is 13.5. The molecule has 1 saturated heterocycles. The standard InChI is InChI=1S/C30H38F3N3O5S/c1-19(37)41-24-15-23(36(18-24)42(39,40)25-9-6-8-22(14-25)30(31,32)33)16-28(38)35-27-10-5-7-21-13-20(11-12-26(21)27)17-34-29(2,3)4/h6,8-9,11-14,23-24,27,34H,5,7,10,15-18H2,1-4H3,(H,35,38)/t23-,24+,27+/m0/s1. The molecule has 42 heavy (non-hydrogen) atoms. The van der Waals surface area contributed by atoms with Crippen LogP contribution in [0.1, 0.15) is 81.7 Å². The van der Waals surface area contributed by atoms with E-state index in [1.807, 2.05) is 12.1 Å². The Labute approximate surface area is 245 Å². The van der Waals surface area contributed by atoms with Crippen molar-refractivity contribution < 1.29 is 35.9 Å². The molecule has 4 rings (SSSR count). The third-order valence-electron chi connectivity index (χ3n) is 7.53. The molecule has 0 saturated carbocycles. The molecule has 3 atom stereocenters. The first-order chi connectivity index (χ1) is 19.5. The molecule has 1 amide bonds. The minimum absolute atomic E-state index is 0.0242. The summed E-state index contributed by atoms with van der Waals surface area (Å²) in [6.45, 7) is 7.95. The fourth-order valence-electron chi connectivity index (χ4n) is 5.58. The molecular weight excluding hydrogens is 571 g/mol. The summed E-state index contributed by atoms with van der Waals surface area (Å²) in [4.78, 5) is 24.3. The van der Waals surface area contributed by atoms with Gasteiger partial charge in [0.2, 0.25) is 15.9 Å². The first-order valence-electron chi connectivity index (χ1n) is 14.1. The Morgan fingerprint density at radius 2 is 1.83 bits per heavy atom. The van der Waals surface area contributed by atoms with Crippen LogP contribution in [0.25, 0.3) is 0 Å².